The fourth-order valence-electron chi connectivity index (χ4n) is 1.95. The molecule has 0 saturated carbocycles. The summed E-state index contributed by atoms with van der Waals surface area (Å²) < 4.78 is 1.14. The van der Waals surface area contributed by atoms with Crippen LogP contribution in [-0.2, 0) is 9.59 Å². The van der Waals surface area contributed by atoms with Crippen molar-refractivity contribution in [2.75, 3.05) is 5.73 Å². The van der Waals surface area contributed by atoms with Crippen LogP contribution in [0.5, 0.6) is 0 Å². The minimum absolute atomic E-state index is 0.626. The minimum atomic E-state index is 0.626. The molecule has 0 bridgehead atoms. The zero-order chi connectivity index (χ0) is 20.5. The Hall–Kier alpha value is -2.53. The van der Waals surface area contributed by atoms with Gasteiger partial charge in [-0.3, -0.25) is 0 Å². The summed E-state index contributed by atoms with van der Waals surface area (Å²) in [6.07, 6.45) is 1.25. The number of nitrogen functional groups attached to an aromatic ring is 1. The van der Waals surface area contributed by atoms with Gasteiger partial charge in [-0.25, -0.2) is 4.98 Å². The highest BCUT2D eigenvalue weighted by atomic mass is 32.1. The summed E-state index contributed by atoms with van der Waals surface area (Å²) >= 11 is 1.53. The molecule has 0 fully saturated rings. The molecule has 0 unspecified atom stereocenters. The number of hydrogen-bond acceptors (Lipinski definition) is 5. The van der Waals surface area contributed by atoms with Gasteiger partial charge in [-0.2, -0.15) is 0 Å². The van der Waals surface area contributed by atoms with Gasteiger partial charge in [-0.15, -0.1) is 0 Å². The number of rotatable bonds is 1. The number of aryl methyl sites for hydroxylation is 1. The predicted molar refractivity (Wildman–Crippen MR) is 116 cm³/mol. The molecule has 142 valence electrons. The second-order valence-corrected chi connectivity index (χ2v) is 5.87. The van der Waals surface area contributed by atoms with Gasteiger partial charge in [0.2, 0.25) is 0 Å². The van der Waals surface area contributed by atoms with E-state index in [1.54, 1.807) is 0 Å². The topological polar surface area (TPSA) is 73.0 Å². The summed E-state index contributed by atoms with van der Waals surface area (Å²) in [5, 5.41) is 0.626. The van der Waals surface area contributed by atoms with Gasteiger partial charge in [-0.1, -0.05) is 81.3 Å². The Labute approximate surface area is 161 Å². The number of thiazole rings is 1. The molecule has 0 spiro atoms. The first-order valence-corrected chi connectivity index (χ1v) is 9.26. The van der Waals surface area contributed by atoms with Crippen molar-refractivity contribution in [3.8, 4) is 11.1 Å². The lowest BCUT2D eigenvalue weighted by atomic mass is 10.0. The third kappa shape index (κ3) is 8.53. The number of carbonyl (C=O) groups is 2. The quantitative estimate of drug-likeness (QED) is 0.573. The predicted octanol–water partition coefficient (Wildman–Crippen LogP) is 5.93. The van der Waals surface area contributed by atoms with Crippen molar-refractivity contribution in [2.24, 2.45) is 0 Å². The number of carbonyl (C=O) groups excluding carboxylic acids is 2. The number of benzene rings is 2. The first-order valence-electron chi connectivity index (χ1n) is 8.45. The minimum Gasteiger partial charge on any atom is -0.375 e. The van der Waals surface area contributed by atoms with Gasteiger partial charge in [0.1, 0.15) is 13.6 Å². The third-order valence-electron chi connectivity index (χ3n) is 2.76. The van der Waals surface area contributed by atoms with Gasteiger partial charge in [-0.05, 0) is 30.2 Å². The number of aromatic nitrogens is 1. The van der Waals surface area contributed by atoms with Gasteiger partial charge in [0, 0.05) is 0 Å². The molecule has 1 heterocycles. The SMILES string of the molecule is C=O.C=O.CC.CCC.Cc1cccc(-c2ccc3nc(N)sc3c2)c1. The summed E-state index contributed by atoms with van der Waals surface area (Å²) in [6, 6.07) is 14.8. The molecule has 0 aliphatic rings. The number of nitrogens with zero attached hydrogens (tertiary/aromatic N) is 1. The van der Waals surface area contributed by atoms with Gasteiger partial charge in [0.25, 0.3) is 0 Å². The molecule has 2 aromatic carbocycles. The van der Waals surface area contributed by atoms with E-state index in [0.29, 0.717) is 5.13 Å². The average Bonchev–Trinajstić information content (AvgIpc) is 3.06. The van der Waals surface area contributed by atoms with E-state index in [9.17, 15) is 0 Å². The first kappa shape index (κ1) is 25.7. The van der Waals surface area contributed by atoms with E-state index in [2.05, 4.69) is 62.2 Å². The molecular weight excluding hydrogens is 344 g/mol. The maximum absolute atomic E-state index is 8.00. The Morgan fingerprint density at radius 2 is 1.50 bits per heavy atom. The van der Waals surface area contributed by atoms with Crippen molar-refractivity contribution < 1.29 is 9.59 Å². The molecule has 0 radical (unpaired) electrons. The molecule has 26 heavy (non-hydrogen) atoms. The normalized spacial score (nSPS) is 8.35. The Bertz CT molecular complexity index is 740. The van der Waals surface area contributed by atoms with Crippen molar-refractivity contribution in [1.29, 1.82) is 0 Å². The Balaban J connectivity index is 0. The second-order valence-electron chi connectivity index (χ2n) is 4.81. The van der Waals surface area contributed by atoms with Crippen molar-refractivity contribution in [2.45, 2.75) is 41.0 Å². The zero-order valence-electron chi connectivity index (χ0n) is 16.4. The Kier molecular flexibility index (Phi) is 15.8. The second kappa shape index (κ2) is 16.0. The van der Waals surface area contributed by atoms with Crippen molar-refractivity contribution in [3.63, 3.8) is 0 Å². The maximum Gasteiger partial charge on any atom is 0.181 e. The van der Waals surface area contributed by atoms with Crippen LogP contribution in [0.25, 0.3) is 21.3 Å². The lowest BCUT2D eigenvalue weighted by Gasteiger charge is -2.02. The lowest BCUT2D eigenvalue weighted by Crippen LogP contribution is -1.80. The summed E-state index contributed by atoms with van der Waals surface area (Å²) in [4.78, 5) is 20.3. The van der Waals surface area contributed by atoms with Gasteiger partial charge >= 0.3 is 0 Å². The molecule has 2 N–H and O–H groups in total. The Morgan fingerprint density at radius 3 is 2.04 bits per heavy atom. The number of hydrogen-bond donors (Lipinski definition) is 1. The molecule has 0 aliphatic heterocycles. The summed E-state index contributed by atoms with van der Waals surface area (Å²) in [5.74, 6) is 0. The molecule has 3 aromatic rings. The molecule has 5 heteroatoms. The summed E-state index contributed by atoms with van der Waals surface area (Å²) in [5.41, 5.74) is 10.4. The fourth-order valence-corrected chi connectivity index (χ4v) is 2.72. The molecule has 1 aromatic heterocycles. The summed E-state index contributed by atoms with van der Waals surface area (Å²) in [7, 11) is 0. The highest BCUT2D eigenvalue weighted by Crippen LogP contribution is 2.29. The smallest absolute Gasteiger partial charge is 0.181 e. The molecule has 0 atom stereocenters. The summed E-state index contributed by atoms with van der Waals surface area (Å²) in [6.45, 7) is 14.4. The van der Waals surface area contributed by atoms with Crippen molar-refractivity contribution in [3.05, 3.63) is 48.0 Å². The third-order valence-corrected chi connectivity index (χ3v) is 3.60. The van der Waals surface area contributed by atoms with Crippen molar-refractivity contribution in [1.82, 2.24) is 4.98 Å². The van der Waals surface area contributed by atoms with E-state index >= 15 is 0 Å². The molecule has 3 rings (SSSR count). The van der Waals surface area contributed by atoms with Crippen LogP contribution in [0, 0.1) is 6.92 Å². The van der Waals surface area contributed by atoms with E-state index < -0.39 is 0 Å². The lowest BCUT2D eigenvalue weighted by molar-refractivity contribution is -0.0987. The highest BCUT2D eigenvalue weighted by Gasteiger charge is 2.03. The number of nitrogens with two attached hydrogens (primary N) is 1. The monoisotopic (exact) mass is 374 g/mol. The molecule has 4 nitrogen and oxygen atoms in total. The van der Waals surface area contributed by atoms with Crippen LogP contribution in [-0.4, -0.2) is 18.6 Å². The highest BCUT2D eigenvalue weighted by molar-refractivity contribution is 7.22. The molecular formula is C21H30N2O2S. The average molecular weight is 375 g/mol. The number of anilines is 1. The van der Waals surface area contributed by atoms with Crippen LogP contribution in [0.1, 0.15) is 39.7 Å². The van der Waals surface area contributed by atoms with Crippen LogP contribution in [0.2, 0.25) is 0 Å². The van der Waals surface area contributed by atoms with E-state index in [1.165, 1.54) is 34.4 Å². The van der Waals surface area contributed by atoms with E-state index in [-0.39, 0.29) is 0 Å². The van der Waals surface area contributed by atoms with Crippen LogP contribution in [0.15, 0.2) is 42.5 Å². The first-order chi connectivity index (χ1) is 12.6. The Morgan fingerprint density at radius 1 is 0.962 bits per heavy atom. The van der Waals surface area contributed by atoms with E-state index in [0.717, 1.165) is 10.2 Å². The zero-order valence-corrected chi connectivity index (χ0v) is 17.2. The molecule has 0 aliphatic carbocycles. The van der Waals surface area contributed by atoms with Crippen molar-refractivity contribution >= 4 is 40.3 Å². The fraction of sp³-hybridized carbons (Fsp3) is 0.286. The van der Waals surface area contributed by atoms with Gasteiger partial charge in [0.05, 0.1) is 10.2 Å². The maximum atomic E-state index is 8.00. The van der Waals surface area contributed by atoms with E-state index in [1.807, 2.05) is 33.5 Å². The van der Waals surface area contributed by atoms with E-state index in [4.69, 9.17) is 15.3 Å². The van der Waals surface area contributed by atoms with Crippen LogP contribution < -0.4 is 5.73 Å². The molecule has 0 saturated heterocycles. The van der Waals surface area contributed by atoms with Gasteiger partial charge < -0.3 is 15.3 Å². The standard InChI is InChI=1S/C14H12N2S.C3H8.C2H6.2CH2O/c1-9-3-2-4-10(7-9)11-5-6-12-13(8-11)17-14(15)16-12;1-3-2;3*1-2/h2-8H,1H3,(H2,15,16);3H2,1-2H3;1-2H3;2*1H2. The van der Waals surface area contributed by atoms with Crippen LogP contribution >= 0.6 is 11.3 Å². The van der Waals surface area contributed by atoms with Gasteiger partial charge in [0.15, 0.2) is 5.13 Å². The molecule has 0 amide bonds. The van der Waals surface area contributed by atoms with Crippen LogP contribution in [0.4, 0.5) is 5.13 Å². The van der Waals surface area contributed by atoms with Crippen LogP contribution in [0.3, 0.4) is 0 Å². The largest absolute Gasteiger partial charge is 0.375 e. The number of fused-ring (bicyclic) bond motifs is 1.